The second-order valence-electron chi connectivity index (χ2n) is 5.40. The first-order valence-corrected chi connectivity index (χ1v) is 7.00. The third kappa shape index (κ3) is 2.11. The van der Waals surface area contributed by atoms with Gasteiger partial charge in [0.2, 0.25) is 11.9 Å². The number of imidazole rings is 1. The lowest BCUT2D eigenvalue weighted by Gasteiger charge is -2.25. The number of hydrogen-bond donors (Lipinski definition) is 2. The molecule has 0 aliphatic heterocycles. The number of carbonyl (C=O) groups excluding carboxylic acids is 1. The number of anilines is 1. The molecule has 1 aromatic carbocycles. The number of aromatic nitrogens is 2. The maximum absolute atomic E-state index is 12.5. The van der Waals surface area contributed by atoms with Gasteiger partial charge in [-0.05, 0) is 31.4 Å². The second-order valence-corrected chi connectivity index (χ2v) is 5.40. The maximum atomic E-state index is 12.5. The molecule has 0 unspecified atom stereocenters. The van der Waals surface area contributed by atoms with Crippen molar-refractivity contribution in [2.24, 2.45) is 5.41 Å². The van der Waals surface area contributed by atoms with E-state index in [1.54, 1.807) is 0 Å². The van der Waals surface area contributed by atoms with Gasteiger partial charge in [-0.15, -0.1) is 0 Å². The fourth-order valence-corrected chi connectivity index (χ4v) is 3.05. The van der Waals surface area contributed by atoms with Crippen LogP contribution in [0, 0.1) is 5.41 Å². The van der Waals surface area contributed by atoms with E-state index in [0.717, 1.165) is 43.1 Å². The first kappa shape index (κ1) is 12.2. The Balaban J connectivity index is 1.82. The van der Waals surface area contributed by atoms with E-state index in [9.17, 15) is 4.79 Å². The van der Waals surface area contributed by atoms with Crippen LogP contribution in [0.3, 0.4) is 0 Å². The fourth-order valence-electron chi connectivity index (χ4n) is 3.05. The van der Waals surface area contributed by atoms with Gasteiger partial charge >= 0.3 is 0 Å². The van der Waals surface area contributed by atoms with Crippen molar-refractivity contribution in [1.29, 1.82) is 0 Å². The van der Waals surface area contributed by atoms with Gasteiger partial charge in [0.05, 0.1) is 11.0 Å². The molecule has 19 heavy (non-hydrogen) atoms. The van der Waals surface area contributed by atoms with Crippen molar-refractivity contribution in [2.45, 2.75) is 39.0 Å². The molecule has 1 amide bonds. The molecule has 2 N–H and O–H groups in total. The molecule has 4 nitrogen and oxygen atoms in total. The Morgan fingerprint density at radius 2 is 2.11 bits per heavy atom. The Kier molecular flexibility index (Phi) is 3.01. The van der Waals surface area contributed by atoms with Crippen molar-refractivity contribution in [1.82, 2.24) is 9.97 Å². The highest BCUT2D eigenvalue weighted by atomic mass is 16.2. The zero-order valence-corrected chi connectivity index (χ0v) is 11.2. The summed E-state index contributed by atoms with van der Waals surface area (Å²) in [5, 5.41) is 2.96. The van der Waals surface area contributed by atoms with Gasteiger partial charge in [0.25, 0.3) is 0 Å². The third-order valence-corrected chi connectivity index (χ3v) is 4.34. The van der Waals surface area contributed by atoms with E-state index < -0.39 is 0 Å². The second kappa shape index (κ2) is 4.68. The summed E-state index contributed by atoms with van der Waals surface area (Å²) in [7, 11) is 0. The van der Waals surface area contributed by atoms with E-state index in [4.69, 9.17) is 0 Å². The van der Waals surface area contributed by atoms with Crippen molar-refractivity contribution in [3.63, 3.8) is 0 Å². The number of aromatic amines is 1. The standard InChI is InChI=1S/C15H19N3O/c1-2-15(9-5-6-10-15)13(19)18-14-16-11-7-3-4-8-12(11)17-14/h3-4,7-8H,2,5-6,9-10H2,1H3,(H2,16,17,18,19). The zero-order chi connectivity index (χ0) is 13.3. The first-order chi connectivity index (χ1) is 9.23. The van der Waals surface area contributed by atoms with Crippen LogP contribution < -0.4 is 5.32 Å². The Labute approximate surface area is 112 Å². The number of carbonyl (C=O) groups is 1. The number of nitrogens with one attached hydrogen (secondary N) is 2. The monoisotopic (exact) mass is 257 g/mol. The quantitative estimate of drug-likeness (QED) is 0.884. The van der Waals surface area contributed by atoms with Gasteiger partial charge in [0.1, 0.15) is 0 Å². The molecule has 100 valence electrons. The molecular weight excluding hydrogens is 238 g/mol. The van der Waals surface area contributed by atoms with Crippen LogP contribution in [0.15, 0.2) is 24.3 Å². The Morgan fingerprint density at radius 3 is 2.79 bits per heavy atom. The number of H-pyrrole nitrogens is 1. The summed E-state index contributed by atoms with van der Waals surface area (Å²) >= 11 is 0. The van der Waals surface area contributed by atoms with Gasteiger partial charge in [-0.25, -0.2) is 4.98 Å². The fraction of sp³-hybridized carbons (Fsp3) is 0.467. The Morgan fingerprint density at radius 1 is 1.37 bits per heavy atom. The lowest BCUT2D eigenvalue weighted by atomic mass is 9.82. The number of para-hydroxylation sites is 2. The summed E-state index contributed by atoms with van der Waals surface area (Å²) in [6.07, 6.45) is 5.20. The van der Waals surface area contributed by atoms with E-state index in [2.05, 4.69) is 22.2 Å². The van der Waals surface area contributed by atoms with E-state index in [-0.39, 0.29) is 11.3 Å². The topological polar surface area (TPSA) is 57.8 Å². The molecule has 0 radical (unpaired) electrons. The Bertz CT molecular complexity index is 563. The summed E-state index contributed by atoms with van der Waals surface area (Å²) in [5.74, 6) is 0.678. The zero-order valence-electron chi connectivity index (χ0n) is 11.2. The number of fused-ring (bicyclic) bond motifs is 1. The first-order valence-electron chi connectivity index (χ1n) is 7.00. The summed E-state index contributed by atoms with van der Waals surface area (Å²) in [5.41, 5.74) is 1.66. The van der Waals surface area contributed by atoms with E-state index >= 15 is 0 Å². The van der Waals surface area contributed by atoms with Crippen LogP contribution >= 0.6 is 0 Å². The minimum Gasteiger partial charge on any atom is -0.324 e. The lowest BCUT2D eigenvalue weighted by Crippen LogP contribution is -2.33. The van der Waals surface area contributed by atoms with Crippen LogP contribution in [-0.2, 0) is 4.79 Å². The minimum absolute atomic E-state index is 0.117. The summed E-state index contributed by atoms with van der Waals surface area (Å²) in [4.78, 5) is 20.0. The van der Waals surface area contributed by atoms with Crippen molar-refractivity contribution in [3.05, 3.63) is 24.3 Å². The molecule has 0 atom stereocenters. The van der Waals surface area contributed by atoms with Crippen molar-refractivity contribution >= 4 is 22.9 Å². The molecule has 1 aromatic heterocycles. The van der Waals surface area contributed by atoms with Gasteiger partial charge in [-0.2, -0.15) is 0 Å². The number of benzene rings is 1. The lowest BCUT2D eigenvalue weighted by molar-refractivity contribution is -0.125. The van der Waals surface area contributed by atoms with Crippen molar-refractivity contribution in [3.8, 4) is 0 Å². The molecule has 4 heteroatoms. The molecule has 1 aliphatic carbocycles. The van der Waals surface area contributed by atoms with Crippen molar-refractivity contribution in [2.75, 3.05) is 5.32 Å². The van der Waals surface area contributed by atoms with Crippen LogP contribution in [0.25, 0.3) is 11.0 Å². The largest absolute Gasteiger partial charge is 0.324 e. The number of rotatable bonds is 3. The molecule has 1 aliphatic rings. The van der Waals surface area contributed by atoms with Gasteiger partial charge in [0.15, 0.2) is 0 Å². The SMILES string of the molecule is CCC1(C(=O)Nc2nc3ccccc3[nH]2)CCCC1. The number of amides is 1. The van der Waals surface area contributed by atoms with Crippen molar-refractivity contribution < 1.29 is 4.79 Å². The number of hydrogen-bond acceptors (Lipinski definition) is 2. The normalized spacial score (nSPS) is 17.7. The molecule has 2 aromatic rings. The number of nitrogens with zero attached hydrogens (tertiary/aromatic N) is 1. The third-order valence-electron chi connectivity index (χ3n) is 4.34. The van der Waals surface area contributed by atoms with Crippen LogP contribution in [0.5, 0.6) is 0 Å². The van der Waals surface area contributed by atoms with Crippen LogP contribution in [0.1, 0.15) is 39.0 Å². The van der Waals surface area contributed by atoms with E-state index in [1.165, 1.54) is 0 Å². The summed E-state index contributed by atoms with van der Waals surface area (Å²) in [6.45, 7) is 2.10. The molecule has 1 saturated carbocycles. The van der Waals surface area contributed by atoms with Crippen LogP contribution in [0.4, 0.5) is 5.95 Å². The predicted molar refractivity (Wildman–Crippen MR) is 75.9 cm³/mol. The average molecular weight is 257 g/mol. The molecule has 3 rings (SSSR count). The highest BCUT2D eigenvalue weighted by Gasteiger charge is 2.39. The molecule has 0 bridgehead atoms. The van der Waals surface area contributed by atoms with E-state index in [1.807, 2.05) is 24.3 Å². The highest BCUT2D eigenvalue weighted by molar-refractivity contribution is 5.95. The highest BCUT2D eigenvalue weighted by Crippen LogP contribution is 2.41. The summed E-state index contributed by atoms with van der Waals surface area (Å²) in [6, 6.07) is 7.80. The Hall–Kier alpha value is -1.84. The van der Waals surface area contributed by atoms with Gasteiger partial charge in [0, 0.05) is 5.41 Å². The average Bonchev–Trinajstić information content (AvgIpc) is 3.05. The van der Waals surface area contributed by atoms with Gasteiger partial charge in [-0.1, -0.05) is 31.9 Å². The molecular formula is C15H19N3O. The van der Waals surface area contributed by atoms with Crippen LogP contribution in [-0.4, -0.2) is 15.9 Å². The van der Waals surface area contributed by atoms with Crippen LogP contribution in [0.2, 0.25) is 0 Å². The maximum Gasteiger partial charge on any atom is 0.232 e. The molecule has 0 saturated heterocycles. The smallest absolute Gasteiger partial charge is 0.232 e. The van der Waals surface area contributed by atoms with Gasteiger partial charge in [-0.3, -0.25) is 10.1 Å². The summed E-state index contributed by atoms with van der Waals surface area (Å²) < 4.78 is 0. The van der Waals surface area contributed by atoms with E-state index in [0.29, 0.717) is 5.95 Å². The molecule has 0 spiro atoms. The predicted octanol–water partition coefficient (Wildman–Crippen LogP) is 3.47. The molecule has 1 heterocycles. The van der Waals surface area contributed by atoms with Gasteiger partial charge < -0.3 is 4.98 Å². The molecule has 1 fully saturated rings. The minimum atomic E-state index is -0.182.